The molecule has 0 bridgehead atoms. The summed E-state index contributed by atoms with van der Waals surface area (Å²) in [5.74, 6) is -0.413. The molecule has 1 saturated heterocycles. The molecule has 1 N–H and O–H groups in total. The van der Waals surface area contributed by atoms with E-state index in [0.29, 0.717) is 42.0 Å². The molecule has 1 aromatic heterocycles. The van der Waals surface area contributed by atoms with Gasteiger partial charge in [-0.1, -0.05) is 0 Å². The van der Waals surface area contributed by atoms with Crippen LogP contribution in [0.5, 0.6) is 0 Å². The molecule has 0 spiro atoms. The van der Waals surface area contributed by atoms with E-state index in [1.807, 2.05) is 6.92 Å². The van der Waals surface area contributed by atoms with Crippen molar-refractivity contribution in [3.8, 4) is 0 Å². The number of aromatic nitrogens is 2. The fourth-order valence-electron chi connectivity index (χ4n) is 3.46. The summed E-state index contributed by atoms with van der Waals surface area (Å²) in [7, 11) is 0. The first-order valence-electron chi connectivity index (χ1n) is 9.25. The van der Waals surface area contributed by atoms with Gasteiger partial charge in [0.1, 0.15) is 0 Å². The highest BCUT2D eigenvalue weighted by Gasteiger charge is 2.30. The number of ether oxygens (including phenoxy) is 1. The lowest BCUT2D eigenvalue weighted by atomic mass is 10.2. The van der Waals surface area contributed by atoms with E-state index in [1.165, 1.54) is 4.57 Å². The zero-order valence-corrected chi connectivity index (χ0v) is 15.1. The first-order valence-corrected chi connectivity index (χ1v) is 9.25. The third-order valence-electron chi connectivity index (χ3n) is 5.12. The zero-order valence-electron chi connectivity index (χ0n) is 15.1. The Kier molecular flexibility index (Phi) is 4.33. The van der Waals surface area contributed by atoms with Crippen molar-refractivity contribution < 1.29 is 14.3 Å². The van der Waals surface area contributed by atoms with E-state index >= 15 is 0 Å². The molecule has 8 nitrogen and oxygen atoms in total. The predicted molar refractivity (Wildman–Crippen MR) is 98.6 cm³/mol. The third kappa shape index (κ3) is 3.27. The fraction of sp³-hybridized carbons (Fsp3) is 0.474. The third-order valence-corrected chi connectivity index (χ3v) is 5.12. The molecule has 2 fully saturated rings. The summed E-state index contributed by atoms with van der Waals surface area (Å²) in [6.07, 6.45) is 1.84. The topological polar surface area (TPSA) is 99.4 Å². The molecule has 0 radical (unpaired) electrons. The lowest BCUT2D eigenvalue weighted by molar-refractivity contribution is -0.146. The number of hydrogen-bond acceptors (Lipinski definition) is 5. The number of nitrogens with one attached hydrogen (secondary N) is 1. The normalized spacial score (nSPS) is 19.3. The van der Waals surface area contributed by atoms with Crippen molar-refractivity contribution >= 4 is 28.5 Å². The smallest absolute Gasteiger partial charge is 0.331 e. The van der Waals surface area contributed by atoms with E-state index in [9.17, 15) is 19.2 Å². The molecular weight excluding hydrogens is 350 g/mol. The SMILES string of the molecule is CCn1c(=O)n(CC2CC2)c(=O)c2cc(NC(=O)C3CCC(=O)O3)ccc21. The first kappa shape index (κ1) is 17.5. The number of nitrogens with zero attached hydrogens (tertiary/aromatic N) is 2. The maximum absolute atomic E-state index is 12.9. The van der Waals surface area contributed by atoms with Crippen LogP contribution in [0.1, 0.15) is 32.6 Å². The van der Waals surface area contributed by atoms with Crippen molar-refractivity contribution in [1.29, 1.82) is 0 Å². The summed E-state index contributed by atoms with van der Waals surface area (Å²) in [6, 6.07) is 4.90. The van der Waals surface area contributed by atoms with Crippen LogP contribution >= 0.6 is 0 Å². The zero-order chi connectivity index (χ0) is 19.1. The van der Waals surface area contributed by atoms with Gasteiger partial charge >= 0.3 is 11.7 Å². The number of fused-ring (bicyclic) bond motifs is 1. The number of amides is 1. The minimum absolute atomic E-state index is 0.227. The molecule has 2 heterocycles. The molecule has 1 aliphatic carbocycles. The summed E-state index contributed by atoms with van der Waals surface area (Å²) in [4.78, 5) is 49.0. The molecular formula is C19H21N3O5. The van der Waals surface area contributed by atoms with Crippen LogP contribution in [0.15, 0.2) is 27.8 Å². The van der Waals surface area contributed by atoms with Crippen LogP contribution in [0.25, 0.3) is 10.9 Å². The van der Waals surface area contributed by atoms with Gasteiger partial charge in [-0.15, -0.1) is 0 Å². The van der Waals surface area contributed by atoms with Gasteiger partial charge in [-0.2, -0.15) is 0 Å². The Bertz CT molecular complexity index is 1050. The number of benzene rings is 1. The minimum Gasteiger partial charge on any atom is -0.452 e. The van der Waals surface area contributed by atoms with Crippen LogP contribution in [-0.4, -0.2) is 27.1 Å². The van der Waals surface area contributed by atoms with Crippen LogP contribution in [0.4, 0.5) is 5.69 Å². The van der Waals surface area contributed by atoms with Crippen LogP contribution in [0, 0.1) is 5.92 Å². The standard InChI is InChI=1S/C19H21N3O5/c1-2-21-14-6-5-12(20-17(24)15-7-8-16(23)27-15)9-13(14)18(25)22(19(21)26)10-11-3-4-11/h5-6,9,11,15H,2-4,7-8,10H2,1H3,(H,20,24). The van der Waals surface area contributed by atoms with Crippen LogP contribution in [0.3, 0.4) is 0 Å². The Balaban J connectivity index is 1.72. The van der Waals surface area contributed by atoms with Crippen LogP contribution in [0.2, 0.25) is 0 Å². The Labute approximate surface area is 154 Å². The van der Waals surface area contributed by atoms with E-state index in [0.717, 1.165) is 12.8 Å². The molecule has 4 rings (SSSR count). The van der Waals surface area contributed by atoms with Crippen LogP contribution < -0.4 is 16.6 Å². The number of rotatable bonds is 5. The van der Waals surface area contributed by atoms with Gasteiger partial charge in [0.15, 0.2) is 6.10 Å². The molecule has 2 aliphatic rings. The number of carbonyl (C=O) groups is 2. The van der Waals surface area contributed by atoms with Gasteiger partial charge in [-0.3, -0.25) is 23.5 Å². The average Bonchev–Trinajstić information content (AvgIpc) is 3.37. The Morgan fingerprint density at radius 3 is 2.59 bits per heavy atom. The second kappa shape index (κ2) is 6.68. The summed E-state index contributed by atoms with van der Waals surface area (Å²) >= 11 is 0. The number of aryl methyl sites for hydroxylation is 1. The van der Waals surface area contributed by atoms with Gasteiger partial charge in [-0.05, 0) is 43.9 Å². The van der Waals surface area contributed by atoms with Crippen molar-refractivity contribution in [2.75, 3.05) is 5.32 Å². The maximum Gasteiger partial charge on any atom is 0.331 e. The number of anilines is 1. The summed E-state index contributed by atoms with van der Waals surface area (Å²) < 4.78 is 7.84. The Morgan fingerprint density at radius 2 is 1.96 bits per heavy atom. The monoisotopic (exact) mass is 371 g/mol. The van der Waals surface area contributed by atoms with Gasteiger partial charge in [0.25, 0.3) is 11.5 Å². The molecule has 27 heavy (non-hydrogen) atoms. The van der Waals surface area contributed by atoms with E-state index in [-0.39, 0.29) is 23.6 Å². The first-order chi connectivity index (χ1) is 13.0. The molecule has 1 saturated carbocycles. The second-order valence-corrected chi connectivity index (χ2v) is 7.12. The highest BCUT2D eigenvalue weighted by Crippen LogP contribution is 2.30. The summed E-state index contributed by atoms with van der Waals surface area (Å²) in [5.41, 5.74) is 0.350. The molecule has 142 valence electrons. The number of hydrogen-bond donors (Lipinski definition) is 1. The lowest BCUT2D eigenvalue weighted by Crippen LogP contribution is -2.40. The van der Waals surface area contributed by atoms with E-state index < -0.39 is 12.0 Å². The van der Waals surface area contributed by atoms with Crippen molar-refractivity contribution in [2.45, 2.75) is 51.8 Å². The van der Waals surface area contributed by atoms with E-state index in [4.69, 9.17) is 4.74 Å². The predicted octanol–water partition coefficient (Wildman–Crippen LogP) is 1.24. The quantitative estimate of drug-likeness (QED) is 0.797. The Morgan fingerprint density at radius 1 is 1.19 bits per heavy atom. The largest absolute Gasteiger partial charge is 0.452 e. The number of cyclic esters (lactones) is 1. The number of esters is 1. The van der Waals surface area contributed by atoms with Gasteiger partial charge in [0, 0.05) is 31.6 Å². The highest BCUT2D eigenvalue weighted by molar-refractivity contribution is 5.98. The van der Waals surface area contributed by atoms with Crippen molar-refractivity contribution in [3.05, 3.63) is 39.0 Å². The lowest BCUT2D eigenvalue weighted by Gasteiger charge is -2.14. The summed E-state index contributed by atoms with van der Waals surface area (Å²) in [6.45, 7) is 2.74. The van der Waals surface area contributed by atoms with Crippen molar-refractivity contribution in [1.82, 2.24) is 9.13 Å². The molecule has 1 amide bonds. The van der Waals surface area contributed by atoms with E-state index in [2.05, 4.69) is 5.32 Å². The molecule has 1 aromatic carbocycles. The van der Waals surface area contributed by atoms with E-state index in [1.54, 1.807) is 22.8 Å². The highest BCUT2D eigenvalue weighted by atomic mass is 16.6. The minimum atomic E-state index is -0.802. The van der Waals surface area contributed by atoms with Crippen molar-refractivity contribution in [3.63, 3.8) is 0 Å². The molecule has 8 heteroatoms. The van der Waals surface area contributed by atoms with Crippen LogP contribution in [-0.2, 0) is 27.4 Å². The second-order valence-electron chi connectivity index (χ2n) is 7.12. The number of carbonyl (C=O) groups excluding carboxylic acids is 2. The van der Waals surface area contributed by atoms with Crippen molar-refractivity contribution in [2.24, 2.45) is 5.92 Å². The summed E-state index contributed by atoms with van der Waals surface area (Å²) in [5, 5.41) is 3.08. The Hall–Kier alpha value is -2.90. The van der Waals surface area contributed by atoms with Gasteiger partial charge in [0.2, 0.25) is 0 Å². The van der Waals surface area contributed by atoms with Gasteiger partial charge in [-0.25, -0.2) is 4.79 Å². The van der Waals surface area contributed by atoms with Gasteiger partial charge < -0.3 is 10.1 Å². The average molecular weight is 371 g/mol. The molecule has 2 aromatic rings. The fourth-order valence-corrected chi connectivity index (χ4v) is 3.46. The molecule has 1 aliphatic heterocycles. The molecule has 1 atom stereocenters. The van der Waals surface area contributed by atoms with Gasteiger partial charge in [0.05, 0.1) is 10.9 Å². The maximum atomic E-state index is 12.9. The molecule has 1 unspecified atom stereocenters.